The van der Waals surface area contributed by atoms with Gasteiger partial charge in [0.25, 0.3) is 5.91 Å². The lowest BCUT2D eigenvalue weighted by Crippen LogP contribution is -2.57. The minimum Gasteiger partial charge on any atom is -0.343 e. The molecule has 0 radical (unpaired) electrons. The first-order valence-corrected chi connectivity index (χ1v) is 10.4. The van der Waals surface area contributed by atoms with Gasteiger partial charge in [-0.15, -0.1) is 0 Å². The van der Waals surface area contributed by atoms with E-state index in [9.17, 15) is 9.59 Å². The Morgan fingerprint density at radius 1 is 1.22 bits per heavy atom. The summed E-state index contributed by atoms with van der Waals surface area (Å²) in [7, 11) is 1.89. The minimum absolute atomic E-state index is 0.0511. The van der Waals surface area contributed by atoms with Crippen LogP contribution in [0.5, 0.6) is 0 Å². The van der Waals surface area contributed by atoms with Gasteiger partial charge in [-0.05, 0) is 50.5 Å². The Kier molecular flexibility index (Phi) is 5.48. The van der Waals surface area contributed by atoms with Gasteiger partial charge in [-0.1, -0.05) is 0 Å². The van der Waals surface area contributed by atoms with Gasteiger partial charge in [-0.3, -0.25) is 9.59 Å². The lowest BCUT2D eigenvalue weighted by atomic mass is 9.79. The van der Waals surface area contributed by atoms with E-state index in [-0.39, 0.29) is 5.91 Å². The maximum Gasteiger partial charge on any atom is 0.274 e. The predicted molar refractivity (Wildman–Crippen MR) is 102 cm³/mol. The number of amides is 2. The van der Waals surface area contributed by atoms with E-state index in [0.29, 0.717) is 35.9 Å². The highest BCUT2D eigenvalue weighted by Gasteiger charge is 2.38. The zero-order valence-electron chi connectivity index (χ0n) is 16.3. The minimum atomic E-state index is 0.0511. The number of nitrogens with zero attached hydrogens (tertiary/aromatic N) is 4. The Bertz CT molecular complexity index is 682. The average molecular weight is 374 g/mol. The van der Waals surface area contributed by atoms with E-state index in [2.05, 4.69) is 10.3 Å². The molecule has 1 N–H and O–H groups in total. The van der Waals surface area contributed by atoms with Gasteiger partial charge in [0.2, 0.25) is 5.91 Å². The third kappa shape index (κ3) is 4.18. The second-order valence-electron chi connectivity index (χ2n) is 8.49. The largest absolute Gasteiger partial charge is 0.343 e. The van der Waals surface area contributed by atoms with E-state index in [1.54, 1.807) is 12.5 Å². The van der Waals surface area contributed by atoms with Crippen molar-refractivity contribution in [2.24, 2.45) is 18.9 Å². The van der Waals surface area contributed by atoms with Gasteiger partial charge in [0.15, 0.2) is 0 Å². The van der Waals surface area contributed by atoms with Crippen LogP contribution in [0.4, 0.5) is 0 Å². The Balaban J connectivity index is 1.29. The number of nitrogens with one attached hydrogen (secondary N) is 1. The summed E-state index contributed by atoms with van der Waals surface area (Å²) in [5.74, 6) is 1.37. The normalized spacial score (nSPS) is 27.8. The van der Waals surface area contributed by atoms with Gasteiger partial charge in [0.05, 0.1) is 6.33 Å². The Labute approximate surface area is 161 Å². The molecule has 2 amide bonds. The Morgan fingerprint density at radius 3 is 2.78 bits per heavy atom. The molecule has 0 unspecified atom stereocenters. The highest BCUT2D eigenvalue weighted by Crippen LogP contribution is 2.31. The fraction of sp³-hybridized carbons (Fsp3) is 0.750. The van der Waals surface area contributed by atoms with Gasteiger partial charge in [0.1, 0.15) is 5.69 Å². The van der Waals surface area contributed by atoms with Crippen LogP contribution in [0.2, 0.25) is 0 Å². The number of hydrogen-bond acceptors (Lipinski definition) is 4. The summed E-state index contributed by atoms with van der Waals surface area (Å²) < 4.78 is 1.82. The van der Waals surface area contributed by atoms with E-state index < -0.39 is 0 Å². The van der Waals surface area contributed by atoms with Crippen molar-refractivity contribution in [3.8, 4) is 0 Å². The van der Waals surface area contributed by atoms with Crippen molar-refractivity contribution in [1.29, 1.82) is 0 Å². The molecule has 3 aliphatic rings. The maximum atomic E-state index is 12.8. The van der Waals surface area contributed by atoms with Crippen molar-refractivity contribution in [3.63, 3.8) is 0 Å². The van der Waals surface area contributed by atoms with Crippen LogP contribution >= 0.6 is 0 Å². The third-order valence-electron chi connectivity index (χ3n) is 6.38. The molecule has 0 saturated carbocycles. The molecule has 7 nitrogen and oxygen atoms in total. The van der Waals surface area contributed by atoms with Crippen LogP contribution in [0.15, 0.2) is 12.5 Å². The van der Waals surface area contributed by atoms with Crippen molar-refractivity contribution >= 4 is 11.8 Å². The van der Waals surface area contributed by atoms with Gasteiger partial charge >= 0.3 is 0 Å². The molecule has 27 heavy (non-hydrogen) atoms. The lowest BCUT2D eigenvalue weighted by molar-refractivity contribution is -0.130. The van der Waals surface area contributed by atoms with Crippen LogP contribution in [-0.2, 0) is 11.8 Å². The molecule has 0 aromatic carbocycles. The number of likely N-dealkylation sites (tertiary alicyclic amines) is 2. The highest BCUT2D eigenvalue weighted by molar-refractivity contribution is 5.92. The zero-order chi connectivity index (χ0) is 18.8. The fourth-order valence-electron chi connectivity index (χ4n) is 4.96. The lowest BCUT2D eigenvalue weighted by Gasteiger charge is -2.46. The summed E-state index contributed by atoms with van der Waals surface area (Å²) in [5, 5.41) is 3.69. The topological polar surface area (TPSA) is 70.5 Å². The maximum absolute atomic E-state index is 12.8. The second kappa shape index (κ2) is 8.00. The molecule has 3 saturated heterocycles. The summed E-state index contributed by atoms with van der Waals surface area (Å²) in [4.78, 5) is 33.3. The first kappa shape index (κ1) is 18.5. The monoisotopic (exact) mass is 373 g/mol. The molecular weight excluding hydrogens is 342 g/mol. The molecule has 0 aliphatic carbocycles. The number of carbonyl (C=O) groups is 2. The first-order chi connectivity index (χ1) is 13.1. The van der Waals surface area contributed by atoms with Crippen LogP contribution < -0.4 is 5.32 Å². The third-order valence-corrected chi connectivity index (χ3v) is 6.38. The molecule has 4 rings (SSSR count). The van der Waals surface area contributed by atoms with Crippen LogP contribution in [0.1, 0.15) is 49.0 Å². The molecule has 7 heteroatoms. The average Bonchev–Trinajstić information content (AvgIpc) is 3.34. The summed E-state index contributed by atoms with van der Waals surface area (Å²) in [5.41, 5.74) is 0.540. The number of imidazole rings is 1. The quantitative estimate of drug-likeness (QED) is 0.844. The smallest absolute Gasteiger partial charge is 0.274 e. The van der Waals surface area contributed by atoms with E-state index in [0.717, 1.165) is 58.4 Å². The summed E-state index contributed by atoms with van der Waals surface area (Å²) in [6.07, 6.45) is 9.57. The summed E-state index contributed by atoms with van der Waals surface area (Å²) in [6.45, 7) is 4.46. The molecular formula is C20H31N5O2. The molecule has 3 atom stereocenters. The number of piperidine rings is 2. The van der Waals surface area contributed by atoms with Gasteiger partial charge in [0, 0.05) is 51.9 Å². The van der Waals surface area contributed by atoms with E-state index in [1.807, 2.05) is 21.4 Å². The van der Waals surface area contributed by atoms with Gasteiger partial charge < -0.3 is 19.7 Å². The summed E-state index contributed by atoms with van der Waals surface area (Å²) in [6, 6.07) is 0.409. The number of hydrogen-bond donors (Lipinski definition) is 1. The van der Waals surface area contributed by atoms with Crippen LogP contribution in [0.25, 0.3) is 0 Å². The second-order valence-corrected chi connectivity index (χ2v) is 8.49. The first-order valence-electron chi connectivity index (χ1n) is 10.4. The Morgan fingerprint density at radius 2 is 2.04 bits per heavy atom. The van der Waals surface area contributed by atoms with Crippen LogP contribution in [0.3, 0.4) is 0 Å². The van der Waals surface area contributed by atoms with Crippen molar-refractivity contribution < 1.29 is 9.59 Å². The number of fused-ring (bicyclic) bond motifs is 2. The number of aromatic nitrogens is 2. The van der Waals surface area contributed by atoms with Crippen molar-refractivity contribution in [3.05, 3.63) is 18.2 Å². The van der Waals surface area contributed by atoms with E-state index in [4.69, 9.17) is 0 Å². The molecule has 148 valence electrons. The van der Waals surface area contributed by atoms with Crippen LogP contribution in [0, 0.1) is 11.8 Å². The summed E-state index contributed by atoms with van der Waals surface area (Å²) >= 11 is 0. The van der Waals surface area contributed by atoms with E-state index >= 15 is 0 Å². The number of carbonyl (C=O) groups excluding carboxylic acids is 2. The highest BCUT2D eigenvalue weighted by atomic mass is 16.2. The molecule has 1 aromatic rings. The Hall–Kier alpha value is -1.89. The van der Waals surface area contributed by atoms with E-state index in [1.165, 1.54) is 6.42 Å². The van der Waals surface area contributed by atoms with Crippen molar-refractivity contribution in [2.45, 2.75) is 44.6 Å². The number of rotatable bonds is 5. The predicted octanol–water partition coefficient (Wildman–Crippen LogP) is 1.26. The molecule has 1 aromatic heterocycles. The number of aryl methyl sites for hydroxylation is 1. The molecule has 0 spiro atoms. The van der Waals surface area contributed by atoms with Crippen LogP contribution in [-0.4, -0.2) is 69.9 Å². The van der Waals surface area contributed by atoms with Gasteiger partial charge in [-0.2, -0.15) is 0 Å². The SMILES string of the molecule is Cn1cnc(C(=O)N2C[C@@H]3CN[C@H](CCCC(=O)N4CCCC4)[C@H](C3)C2)c1. The zero-order valence-corrected chi connectivity index (χ0v) is 16.3. The molecule has 3 aliphatic heterocycles. The fourth-order valence-corrected chi connectivity index (χ4v) is 4.96. The standard InChI is InChI=1S/C20H31N5O2/c1-23-13-18(22-14-23)20(27)25-11-15-9-16(12-25)17(21-10-15)5-4-6-19(26)24-7-2-3-8-24/h13-17,21H,2-12H2,1H3/t15-,16+,17+/m0/s1. The molecule has 3 fully saturated rings. The van der Waals surface area contributed by atoms with Crippen molar-refractivity contribution in [2.75, 3.05) is 32.7 Å². The molecule has 2 bridgehead atoms. The van der Waals surface area contributed by atoms with Crippen molar-refractivity contribution in [1.82, 2.24) is 24.7 Å². The molecule has 4 heterocycles. The van der Waals surface area contributed by atoms with Gasteiger partial charge in [-0.25, -0.2) is 4.98 Å².